The van der Waals surface area contributed by atoms with Crippen molar-refractivity contribution in [3.63, 3.8) is 0 Å². The molecular weight excluding hydrogens is 228 g/mol. The van der Waals surface area contributed by atoms with Crippen LogP contribution in [0.1, 0.15) is 27.2 Å². The first kappa shape index (κ1) is 15.7. The van der Waals surface area contributed by atoms with Crippen molar-refractivity contribution in [2.75, 3.05) is 26.7 Å². The van der Waals surface area contributed by atoms with E-state index >= 15 is 0 Å². The number of hydrogen-bond donors (Lipinski definition) is 1. The van der Waals surface area contributed by atoms with Crippen molar-refractivity contribution in [2.24, 2.45) is 0 Å². The molecular formula is C11H23ClN2O2. The molecule has 1 N–H and O–H groups in total. The van der Waals surface area contributed by atoms with Gasteiger partial charge in [-0.25, -0.2) is 0 Å². The molecule has 1 aliphatic heterocycles. The number of carbonyl (C=O) groups is 1. The topological polar surface area (TPSA) is 41.6 Å². The van der Waals surface area contributed by atoms with Crippen molar-refractivity contribution in [3.05, 3.63) is 0 Å². The lowest BCUT2D eigenvalue weighted by atomic mass is 10.1. The molecule has 1 atom stereocenters. The van der Waals surface area contributed by atoms with Gasteiger partial charge in [0.15, 0.2) is 0 Å². The second-order valence-corrected chi connectivity index (χ2v) is 4.82. The lowest BCUT2D eigenvalue weighted by molar-refractivity contribution is -0.158. The minimum absolute atomic E-state index is 0. The van der Waals surface area contributed by atoms with Crippen LogP contribution in [0.2, 0.25) is 0 Å². The van der Waals surface area contributed by atoms with Crippen molar-refractivity contribution >= 4 is 18.3 Å². The lowest BCUT2D eigenvalue weighted by Gasteiger charge is -2.41. The van der Waals surface area contributed by atoms with Gasteiger partial charge in [-0.2, -0.15) is 0 Å². The number of morpholine rings is 1. The smallest absolute Gasteiger partial charge is 0.224 e. The number of hydrogen-bond acceptors (Lipinski definition) is 3. The van der Waals surface area contributed by atoms with E-state index in [1.54, 1.807) is 0 Å². The minimum atomic E-state index is -0.215. The average molecular weight is 251 g/mol. The van der Waals surface area contributed by atoms with Gasteiger partial charge in [-0.15, -0.1) is 12.4 Å². The Hall–Kier alpha value is -0.320. The Kier molecular flexibility index (Phi) is 6.30. The fourth-order valence-corrected chi connectivity index (χ4v) is 2.03. The average Bonchev–Trinajstić information content (AvgIpc) is 2.10. The summed E-state index contributed by atoms with van der Waals surface area (Å²) in [5.41, 5.74) is -0.215. The van der Waals surface area contributed by atoms with Gasteiger partial charge in [-0.05, 0) is 27.8 Å². The monoisotopic (exact) mass is 250 g/mol. The van der Waals surface area contributed by atoms with Crippen molar-refractivity contribution < 1.29 is 9.53 Å². The van der Waals surface area contributed by atoms with Crippen LogP contribution in [0, 0.1) is 0 Å². The molecule has 1 heterocycles. The number of ether oxygens (including phenoxy) is 1. The summed E-state index contributed by atoms with van der Waals surface area (Å²) in [4.78, 5) is 13.7. The molecule has 0 aromatic carbocycles. The summed E-state index contributed by atoms with van der Waals surface area (Å²) >= 11 is 0. The second-order valence-electron chi connectivity index (χ2n) is 4.82. The zero-order valence-corrected chi connectivity index (χ0v) is 11.4. The zero-order valence-electron chi connectivity index (χ0n) is 10.6. The number of rotatable bonds is 3. The molecule has 0 bridgehead atoms. The predicted octanol–water partition coefficient (Wildman–Crippen LogP) is 1.04. The molecule has 1 aliphatic rings. The van der Waals surface area contributed by atoms with Crippen molar-refractivity contribution in [1.29, 1.82) is 0 Å². The Morgan fingerprint density at radius 1 is 1.56 bits per heavy atom. The van der Waals surface area contributed by atoms with E-state index in [0.717, 1.165) is 6.54 Å². The summed E-state index contributed by atoms with van der Waals surface area (Å²) in [6.45, 7) is 8.22. The van der Waals surface area contributed by atoms with E-state index in [-0.39, 0.29) is 30.0 Å². The van der Waals surface area contributed by atoms with Crippen LogP contribution in [0.4, 0.5) is 0 Å². The van der Waals surface area contributed by atoms with Gasteiger partial charge >= 0.3 is 0 Å². The van der Waals surface area contributed by atoms with Gasteiger partial charge in [-0.1, -0.05) is 0 Å². The third kappa shape index (κ3) is 4.68. The standard InChI is InChI=1S/C11H22N2O2.ClH/c1-9-7-13(8-11(2,3)15-9)10(14)5-6-12-4;/h9,12H,5-8H2,1-4H3;1H. The molecule has 16 heavy (non-hydrogen) atoms. The number of amides is 1. The summed E-state index contributed by atoms with van der Waals surface area (Å²) in [6.07, 6.45) is 0.700. The van der Waals surface area contributed by atoms with E-state index in [1.165, 1.54) is 0 Å². The van der Waals surface area contributed by atoms with Crippen LogP contribution < -0.4 is 5.32 Å². The van der Waals surface area contributed by atoms with Crippen LogP contribution in [-0.2, 0) is 9.53 Å². The summed E-state index contributed by atoms with van der Waals surface area (Å²) in [5, 5.41) is 2.99. The third-order valence-corrected chi connectivity index (χ3v) is 2.51. The molecule has 5 heteroatoms. The Bertz CT molecular complexity index is 234. The summed E-state index contributed by atoms with van der Waals surface area (Å²) in [7, 11) is 1.86. The molecule has 0 saturated carbocycles. The number of carbonyl (C=O) groups excluding carboxylic acids is 1. The van der Waals surface area contributed by atoms with Gasteiger partial charge in [0.1, 0.15) is 0 Å². The third-order valence-electron chi connectivity index (χ3n) is 2.51. The quantitative estimate of drug-likeness (QED) is 0.814. The van der Waals surface area contributed by atoms with E-state index in [0.29, 0.717) is 19.5 Å². The largest absolute Gasteiger partial charge is 0.369 e. The van der Waals surface area contributed by atoms with Gasteiger partial charge in [0.2, 0.25) is 5.91 Å². The van der Waals surface area contributed by atoms with E-state index in [4.69, 9.17) is 4.74 Å². The molecule has 0 aromatic heterocycles. The molecule has 96 valence electrons. The first-order chi connectivity index (χ1) is 6.94. The van der Waals surface area contributed by atoms with E-state index in [2.05, 4.69) is 5.32 Å². The molecule has 4 nitrogen and oxygen atoms in total. The Morgan fingerprint density at radius 3 is 2.69 bits per heavy atom. The first-order valence-corrected chi connectivity index (χ1v) is 5.55. The van der Waals surface area contributed by atoms with Crippen molar-refractivity contribution in [1.82, 2.24) is 10.2 Å². The molecule has 1 amide bonds. The van der Waals surface area contributed by atoms with Crippen LogP contribution >= 0.6 is 12.4 Å². The molecule has 0 aromatic rings. The maximum absolute atomic E-state index is 11.8. The second kappa shape index (κ2) is 6.42. The fraction of sp³-hybridized carbons (Fsp3) is 0.909. The van der Waals surface area contributed by atoms with Crippen molar-refractivity contribution in [3.8, 4) is 0 Å². The highest BCUT2D eigenvalue weighted by atomic mass is 35.5. The van der Waals surface area contributed by atoms with Crippen molar-refractivity contribution in [2.45, 2.75) is 38.9 Å². The number of halogens is 1. The van der Waals surface area contributed by atoms with Crippen LogP contribution in [0.5, 0.6) is 0 Å². The Morgan fingerprint density at radius 2 is 2.19 bits per heavy atom. The van der Waals surface area contributed by atoms with Gasteiger partial charge < -0.3 is 15.0 Å². The molecule has 0 radical (unpaired) electrons. The van der Waals surface area contributed by atoms with E-state index in [1.807, 2.05) is 32.7 Å². The molecule has 1 fully saturated rings. The maximum Gasteiger partial charge on any atom is 0.224 e. The predicted molar refractivity (Wildman–Crippen MR) is 67.0 cm³/mol. The highest BCUT2D eigenvalue weighted by molar-refractivity contribution is 5.85. The highest BCUT2D eigenvalue weighted by Crippen LogP contribution is 2.20. The fourth-order valence-electron chi connectivity index (χ4n) is 2.03. The number of nitrogens with zero attached hydrogens (tertiary/aromatic N) is 1. The van der Waals surface area contributed by atoms with Crippen LogP contribution in [0.25, 0.3) is 0 Å². The molecule has 1 saturated heterocycles. The Balaban J connectivity index is 0.00000225. The highest BCUT2D eigenvalue weighted by Gasteiger charge is 2.33. The number of nitrogens with one attached hydrogen (secondary N) is 1. The lowest BCUT2D eigenvalue weighted by Crippen LogP contribution is -2.54. The van der Waals surface area contributed by atoms with Crippen LogP contribution in [0.15, 0.2) is 0 Å². The maximum atomic E-state index is 11.8. The first-order valence-electron chi connectivity index (χ1n) is 5.55. The zero-order chi connectivity index (χ0) is 11.5. The van der Waals surface area contributed by atoms with Gasteiger partial charge in [-0.3, -0.25) is 4.79 Å². The minimum Gasteiger partial charge on any atom is -0.369 e. The van der Waals surface area contributed by atoms with Gasteiger partial charge in [0.25, 0.3) is 0 Å². The summed E-state index contributed by atoms with van der Waals surface area (Å²) in [6, 6.07) is 0. The van der Waals surface area contributed by atoms with E-state index < -0.39 is 0 Å². The molecule has 0 aliphatic carbocycles. The van der Waals surface area contributed by atoms with Crippen LogP contribution in [-0.4, -0.2) is 49.2 Å². The van der Waals surface area contributed by atoms with Gasteiger partial charge in [0.05, 0.1) is 11.7 Å². The summed E-state index contributed by atoms with van der Waals surface area (Å²) in [5.74, 6) is 0.215. The van der Waals surface area contributed by atoms with Crippen LogP contribution in [0.3, 0.4) is 0 Å². The molecule has 0 spiro atoms. The normalized spacial score (nSPS) is 23.8. The molecule has 1 rings (SSSR count). The van der Waals surface area contributed by atoms with Gasteiger partial charge in [0, 0.05) is 26.1 Å². The molecule has 1 unspecified atom stereocenters. The Labute approximate surface area is 104 Å². The van der Waals surface area contributed by atoms with E-state index in [9.17, 15) is 4.79 Å². The SMILES string of the molecule is CNCCC(=O)N1CC(C)OC(C)(C)C1.Cl. The summed E-state index contributed by atoms with van der Waals surface area (Å²) < 4.78 is 5.75.